The van der Waals surface area contributed by atoms with Gasteiger partial charge in [0.25, 0.3) is 0 Å². The summed E-state index contributed by atoms with van der Waals surface area (Å²) in [4.78, 5) is 0. The molecule has 0 amide bonds. The van der Waals surface area contributed by atoms with E-state index in [-0.39, 0.29) is 6.61 Å². The van der Waals surface area contributed by atoms with Gasteiger partial charge in [0.05, 0.1) is 13.2 Å². The normalized spacial score (nSPS) is 15.3. The third kappa shape index (κ3) is 2.29. The fraction of sp³-hybridized carbons (Fsp3) is 0.375. The van der Waals surface area contributed by atoms with E-state index in [4.69, 9.17) is 10.4 Å². The number of hydrogen-bond donors (Lipinski definition) is 3. The van der Waals surface area contributed by atoms with Crippen LogP contribution < -0.4 is 10.6 Å². The van der Waals surface area contributed by atoms with Crippen LogP contribution in [0.4, 0.5) is 0 Å². The van der Waals surface area contributed by atoms with E-state index in [0.717, 1.165) is 5.70 Å². The predicted octanol–water partition coefficient (Wildman–Crippen LogP) is -0.537. The van der Waals surface area contributed by atoms with Gasteiger partial charge in [-0.1, -0.05) is 0 Å². The quantitative estimate of drug-likeness (QED) is 0.525. The van der Waals surface area contributed by atoms with Gasteiger partial charge < -0.3 is 15.7 Å². The molecule has 0 saturated heterocycles. The summed E-state index contributed by atoms with van der Waals surface area (Å²) in [5.74, 6) is 0. The highest BCUT2D eigenvalue weighted by atomic mass is 16.3. The van der Waals surface area contributed by atoms with E-state index < -0.39 is 0 Å². The molecule has 4 heteroatoms. The second-order valence-corrected chi connectivity index (χ2v) is 2.39. The van der Waals surface area contributed by atoms with Gasteiger partial charge in [-0.05, 0) is 12.2 Å². The molecule has 0 fully saturated rings. The molecule has 0 saturated carbocycles. The van der Waals surface area contributed by atoms with Crippen LogP contribution in [0.1, 0.15) is 0 Å². The van der Waals surface area contributed by atoms with E-state index in [2.05, 4.69) is 10.6 Å². The molecule has 1 aliphatic rings. The summed E-state index contributed by atoms with van der Waals surface area (Å²) >= 11 is 0. The molecule has 12 heavy (non-hydrogen) atoms. The van der Waals surface area contributed by atoms with Crippen molar-refractivity contribution in [2.75, 3.05) is 19.7 Å². The van der Waals surface area contributed by atoms with Crippen LogP contribution in [0.15, 0.2) is 23.5 Å². The summed E-state index contributed by atoms with van der Waals surface area (Å²) in [5.41, 5.74) is 1.56. The molecule has 0 spiro atoms. The Kier molecular flexibility index (Phi) is 3.17. The predicted molar refractivity (Wildman–Crippen MR) is 44.9 cm³/mol. The average molecular weight is 165 g/mol. The summed E-state index contributed by atoms with van der Waals surface area (Å²) < 4.78 is 0. The topological polar surface area (TPSA) is 68.1 Å². The average Bonchev–Trinajstić information content (AvgIpc) is 2.15. The summed E-state index contributed by atoms with van der Waals surface area (Å²) in [5, 5.41) is 22.9. The number of nitriles is 1. The van der Waals surface area contributed by atoms with Gasteiger partial charge >= 0.3 is 0 Å². The van der Waals surface area contributed by atoms with E-state index in [1.54, 1.807) is 6.08 Å². The number of dihydropyridines is 1. The zero-order valence-electron chi connectivity index (χ0n) is 6.67. The second-order valence-electron chi connectivity index (χ2n) is 2.39. The minimum atomic E-state index is 0.117. The van der Waals surface area contributed by atoms with E-state index in [0.29, 0.717) is 18.8 Å². The van der Waals surface area contributed by atoms with Crippen LogP contribution in [0.5, 0.6) is 0 Å². The number of allylic oxidation sites excluding steroid dienone is 3. The lowest BCUT2D eigenvalue weighted by molar-refractivity contribution is 0.296. The molecule has 0 unspecified atom stereocenters. The monoisotopic (exact) mass is 165 g/mol. The summed E-state index contributed by atoms with van der Waals surface area (Å²) in [6.07, 6.45) is 3.55. The van der Waals surface area contributed by atoms with Crippen LogP contribution in [0.3, 0.4) is 0 Å². The first kappa shape index (κ1) is 8.62. The van der Waals surface area contributed by atoms with Crippen molar-refractivity contribution >= 4 is 0 Å². The standard InChI is InChI=1S/C8H11N3O/c9-5-7-1-2-8(6-11-7)10-3-4-12/h1-2,10-12H,3-4,6H2. The highest BCUT2D eigenvalue weighted by molar-refractivity contribution is 5.30. The van der Waals surface area contributed by atoms with Crippen LogP contribution in [-0.4, -0.2) is 24.8 Å². The summed E-state index contributed by atoms with van der Waals surface area (Å²) in [7, 11) is 0. The molecular weight excluding hydrogens is 154 g/mol. The molecule has 64 valence electrons. The zero-order chi connectivity index (χ0) is 8.81. The molecular formula is C8H11N3O. The van der Waals surface area contributed by atoms with Gasteiger partial charge in [0.15, 0.2) is 0 Å². The third-order valence-corrected chi connectivity index (χ3v) is 1.50. The Morgan fingerprint density at radius 2 is 2.50 bits per heavy atom. The number of nitrogens with one attached hydrogen (secondary N) is 2. The summed E-state index contributed by atoms with van der Waals surface area (Å²) in [6, 6.07) is 2.01. The molecule has 1 aliphatic heterocycles. The van der Waals surface area contributed by atoms with E-state index in [1.807, 2.05) is 12.1 Å². The highest BCUT2D eigenvalue weighted by Gasteiger charge is 2.02. The van der Waals surface area contributed by atoms with Crippen molar-refractivity contribution in [3.8, 4) is 6.07 Å². The van der Waals surface area contributed by atoms with Crippen LogP contribution in [-0.2, 0) is 0 Å². The molecule has 0 radical (unpaired) electrons. The number of rotatable bonds is 3. The second kappa shape index (κ2) is 4.42. The molecule has 0 bridgehead atoms. The Hall–Kier alpha value is -1.47. The zero-order valence-corrected chi connectivity index (χ0v) is 6.67. The molecule has 1 heterocycles. The Morgan fingerprint density at radius 3 is 3.00 bits per heavy atom. The lowest BCUT2D eigenvalue weighted by Crippen LogP contribution is -2.28. The number of aliphatic hydroxyl groups excluding tert-OH is 1. The minimum absolute atomic E-state index is 0.117. The minimum Gasteiger partial charge on any atom is -0.395 e. The van der Waals surface area contributed by atoms with Gasteiger partial charge in [-0.15, -0.1) is 0 Å². The van der Waals surface area contributed by atoms with Gasteiger partial charge in [-0.2, -0.15) is 5.26 Å². The SMILES string of the molecule is N#CC1=CC=C(NCCO)CN1. The molecule has 0 aliphatic carbocycles. The number of hydrogen-bond acceptors (Lipinski definition) is 4. The lowest BCUT2D eigenvalue weighted by Gasteiger charge is -2.14. The maximum atomic E-state index is 8.52. The van der Waals surface area contributed by atoms with Gasteiger partial charge in [0, 0.05) is 12.2 Å². The van der Waals surface area contributed by atoms with Crippen molar-refractivity contribution in [1.82, 2.24) is 10.6 Å². The maximum Gasteiger partial charge on any atom is 0.117 e. The van der Waals surface area contributed by atoms with Gasteiger partial charge in [0.2, 0.25) is 0 Å². The van der Waals surface area contributed by atoms with Crippen molar-refractivity contribution < 1.29 is 5.11 Å². The van der Waals surface area contributed by atoms with Crippen molar-refractivity contribution in [1.29, 1.82) is 5.26 Å². The first-order valence-electron chi connectivity index (χ1n) is 3.76. The summed E-state index contributed by atoms with van der Waals surface area (Å²) in [6.45, 7) is 1.29. The first-order valence-corrected chi connectivity index (χ1v) is 3.76. The Labute approximate surface area is 71.2 Å². The van der Waals surface area contributed by atoms with Crippen molar-refractivity contribution in [2.24, 2.45) is 0 Å². The Balaban J connectivity index is 2.44. The van der Waals surface area contributed by atoms with Gasteiger partial charge in [-0.3, -0.25) is 0 Å². The van der Waals surface area contributed by atoms with E-state index in [1.165, 1.54) is 0 Å². The van der Waals surface area contributed by atoms with Crippen molar-refractivity contribution in [3.05, 3.63) is 23.5 Å². The Morgan fingerprint density at radius 1 is 1.67 bits per heavy atom. The fourth-order valence-corrected chi connectivity index (χ4v) is 0.907. The Bertz CT molecular complexity index is 250. The van der Waals surface area contributed by atoms with Crippen molar-refractivity contribution in [2.45, 2.75) is 0 Å². The largest absolute Gasteiger partial charge is 0.395 e. The van der Waals surface area contributed by atoms with Gasteiger partial charge in [0.1, 0.15) is 11.8 Å². The molecule has 0 aromatic carbocycles. The van der Waals surface area contributed by atoms with E-state index >= 15 is 0 Å². The maximum absolute atomic E-state index is 8.52. The van der Waals surface area contributed by atoms with Crippen LogP contribution >= 0.6 is 0 Å². The molecule has 0 atom stereocenters. The number of nitrogens with zero attached hydrogens (tertiary/aromatic N) is 1. The third-order valence-electron chi connectivity index (χ3n) is 1.50. The molecule has 0 aromatic heterocycles. The molecule has 3 N–H and O–H groups in total. The molecule has 0 aromatic rings. The van der Waals surface area contributed by atoms with Crippen LogP contribution in [0.2, 0.25) is 0 Å². The molecule has 4 nitrogen and oxygen atoms in total. The van der Waals surface area contributed by atoms with Crippen LogP contribution in [0, 0.1) is 11.3 Å². The highest BCUT2D eigenvalue weighted by Crippen LogP contribution is 1.99. The van der Waals surface area contributed by atoms with Crippen LogP contribution in [0.25, 0.3) is 0 Å². The van der Waals surface area contributed by atoms with E-state index in [9.17, 15) is 0 Å². The lowest BCUT2D eigenvalue weighted by atomic mass is 10.2. The van der Waals surface area contributed by atoms with Crippen molar-refractivity contribution in [3.63, 3.8) is 0 Å². The number of aliphatic hydroxyl groups is 1. The molecule has 1 rings (SSSR count). The van der Waals surface area contributed by atoms with Gasteiger partial charge in [-0.25, -0.2) is 0 Å². The smallest absolute Gasteiger partial charge is 0.117 e. The first-order chi connectivity index (χ1) is 5.86. The fourth-order valence-electron chi connectivity index (χ4n) is 0.907.